The molecule has 0 N–H and O–H groups in total. The number of aromatic nitrogens is 1. The van der Waals surface area contributed by atoms with Crippen LogP contribution in [0.3, 0.4) is 0 Å². The topological polar surface area (TPSA) is 91.4 Å². The zero-order chi connectivity index (χ0) is 20.1. The molecule has 7 nitrogen and oxygen atoms in total. The van der Waals surface area contributed by atoms with Crippen molar-refractivity contribution in [3.8, 4) is 17.0 Å². The summed E-state index contributed by atoms with van der Waals surface area (Å²) in [6.07, 6.45) is 2.17. The maximum absolute atomic E-state index is 13.1. The van der Waals surface area contributed by atoms with E-state index in [4.69, 9.17) is 4.18 Å². The Balaban J connectivity index is 1.85. The fourth-order valence-corrected chi connectivity index (χ4v) is 4.71. The lowest BCUT2D eigenvalue weighted by Crippen LogP contribution is -2.15. The molecule has 0 fully saturated rings. The molecule has 0 atom stereocenters. The number of hydrogen-bond acceptors (Lipinski definition) is 5. The second-order valence-corrected chi connectivity index (χ2v) is 8.54. The van der Waals surface area contributed by atoms with Crippen molar-refractivity contribution in [1.29, 1.82) is 0 Å². The van der Waals surface area contributed by atoms with Gasteiger partial charge in [0.2, 0.25) is 0 Å². The number of halogens is 2. The van der Waals surface area contributed by atoms with Crippen molar-refractivity contribution >= 4 is 31.7 Å². The molecular formula is C18H12BrFN2O5S. The molecule has 0 aliphatic carbocycles. The summed E-state index contributed by atoms with van der Waals surface area (Å²) in [5.41, 5.74) is 1.21. The van der Waals surface area contributed by atoms with Gasteiger partial charge in [-0.3, -0.25) is 10.1 Å². The Hall–Kier alpha value is -2.72. The third kappa shape index (κ3) is 3.08. The monoisotopic (exact) mass is 466 g/mol. The quantitative estimate of drug-likeness (QED) is 0.325. The highest BCUT2D eigenvalue weighted by Crippen LogP contribution is 2.45. The van der Waals surface area contributed by atoms with Crippen LogP contribution in [0.5, 0.6) is 5.75 Å². The lowest BCUT2D eigenvalue weighted by molar-refractivity contribution is -0.384. The molecule has 0 bridgehead atoms. The first-order valence-corrected chi connectivity index (χ1v) is 10.3. The summed E-state index contributed by atoms with van der Waals surface area (Å²) in [5, 5.41) is 11.6. The molecule has 3 aromatic rings. The van der Waals surface area contributed by atoms with Crippen LogP contribution in [-0.4, -0.2) is 17.9 Å². The Bertz CT molecular complexity index is 1210. The summed E-state index contributed by atoms with van der Waals surface area (Å²) < 4.78 is 46.0. The fourth-order valence-electron chi connectivity index (χ4n) is 3.24. The molecule has 2 aromatic carbocycles. The Kier molecular flexibility index (Phi) is 4.47. The SMILES string of the molecule is O=[N+]([O-])c1ccc(Br)c2c1-c1c(OS(=O)(=O)c3ccc(F)cc3)ccn1CC2. The van der Waals surface area contributed by atoms with Gasteiger partial charge in [-0.2, -0.15) is 8.42 Å². The second kappa shape index (κ2) is 6.71. The van der Waals surface area contributed by atoms with Crippen molar-refractivity contribution in [3.63, 3.8) is 0 Å². The minimum absolute atomic E-state index is 0.0218. The third-order valence-electron chi connectivity index (χ3n) is 4.50. The molecule has 0 amide bonds. The Morgan fingerprint density at radius 1 is 1.14 bits per heavy atom. The highest BCUT2D eigenvalue weighted by molar-refractivity contribution is 9.10. The predicted molar refractivity (Wildman–Crippen MR) is 102 cm³/mol. The molecule has 0 spiro atoms. The summed E-state index contributed by atoms with van der Waals surface area (Å²) in [6, 6.07) is 8.65. The van der Waals surface area contributed by atoms with E-state index in [1.807, 2.05) is 0 Å². The fraction of sp³-hybridized carbons (Fsp3) is 0.111. The van der Waals surface area contributed by atoms with Crippen LogP contribution in [-0.2, 0) is 23.1 Å². The van der Waals surface area contributed by atoms with Crippen LogP contribution < -0.4 is 4.18 Å². The summed E-state index contributed by atoms with van der Waals surface area (Å²) in [4.78, 5) is 10.8. The smallest absolute Gasteiger partial charge is 0.339 e. The Morgan fingerprint density at radius 2 is 1.86 bits per heavy atom. The lowest BCUT2D eigenvalue weighted by atomic mass is 9.96. The molecule has 0 unspecified atom stereocenters. The standard InChI is InChI=1S/C18H12BrFN2O5S/c19-14-5-6-15(22(23)24)17-13(14)7-9-21-10-8-16(18(17)21)27-28(25,26)12-3-1-11(20)2-4-12/h1-6,8,10H,7,9H2. The number of nitrogens with zero attached hydrogens (tertiary/aromatic N) is 2. The van der Waals surface area contributed by atoms with Crippen LogP contribution in [0, 0.1) is 15.9 Å². The van der Waals surface area contributed by atoms with Gasteiger partial charge in [-0.05, 0) is 42.3 Å². The number of rotatable bonds is 4. The maximum Gasteiger partial charge on any atom is 0.339 e. The van der Waals surface area contributed by atoms with Gasteiger partial charge in [0.1, 0.15) is 10.7 Å². The van der Waals surface area contributed by atoms with Crippen molar-refractivity contribution in [2.75, 3.05) is 0 Å². The highest BCUT2D eigenvalue weighted by Gasteiger charge is 2.31. The van der Waals surface area contributed by atoms with Crippen LogP contribution >= 0.6 is 15.9 Å². The van der Waals surface area contributed by atoms with Gasteiger partial charge in [0.15, 0.2) is 5.75 Å². The highest BCUT2D eigenvalue weighted by atomic mass is 79.9. The van der Waals surface area contributed by atoms with E-state index in [0.717, 1.165) is 24.3 Å². The number of nitro benzene ring substituents is 1. The third-order valence-corrected chi connectivity index (χ3v) is 6.49. The van der Waals surface area contributed by atoms with Crippen LogP contribution in [0.4, 0.5) is 10.1 Å². The van der Waals surface area contributed by atoms with Crippen molar-refractivity contribution < 1.29 is 21.9 Å². The maximum atomic E-state index is 13.1. The van der Waals surface area contributed by atoms with Gasteiger partial charge in [-0.25, -0.2) is 4.39 Å². The zero-order valence-electron chi connectivity index (χ0n) is 14.1. The average Bonchev–Trinajstić information content (AvgIpc) is 3.04. The minimum atomic E-state index is -4.24. The van der Waals surface area contributed by atoms with Crippen molar-refractivity contribution in [2.45, 2.75) is 17.9 Å². The van der Waals surface area contributed by atoms with E-state index < -0.39 is 20.9 Å². The van der Waals surface area contributed by atoms with E-state index in [9.17, 15) is 22.9 Å². The molecule has 1 aromatic heterocycles. The van der Waals surface area contributed by atoms with Gasteiger partial charge < -0.3 is 8.75 Å². The number of aryl methyl sites for hydroxylation is 1. The minimum Gasteiger partial charge on any atom is -0.377 e. The molecule has 0 saturated carbocycles. The Morgan fingerprint density at radius 3 is 2.54 bits per heavy atom. The van der Waals surface area contributed by atoms with E-state index in [0.29, 0.717) is 34.3 Å². The van der Waals surface area contributed by atoms with Crippen molar-refractivity contribution in [2.24, 2.45) is 0 Å². The van der Waals surface area contributed by atoms with E-state index in [2.05, 4.69) is 15.9 Å². The van der Waals surface area contributed by atoms with Gasteiger partial charge in [0, 0.05) is 29.3 Å². The zero-order valence-corrected chi connectivity index (χ0v) is 16.5. The molecule has 28 heavy (non-hydrogen) atoms. The summed E-state index contributed by atoms with van der Waals surface area (Å²) in [7, 11) is -4.24. The average molecular weight is 467 g/mol. The summed E-state index contributed by atoms with van der Waals surface area (Å²) in [5.74, 6) is -0.596. The summed E-state index contributed by atoms with van der Waals surface area (Å²) >= 11 is 3.41. The number of hydrogen-bond donors (Lipinski definition) is 0. The second-order valence-electron chi connectivity index (χ2n) is 6.14. The van der Waals surface area contributed by atoms with E-state index >= 15 is 0 Å². The lowest BCUT2D eigenvalue weighted by Gasteiger charge is -2.21. The first-order valence-electron chi connectivity index (χ1n) is 8.13. The largest absolute Gasteiger partial charge is 0.377 e. The van der Waals surface area contributed by atoms with Gasteiger partial charge in [-0.15, -0.1) is 0 Å². The number of fused-ring (bicyclic) bond motifs is 3. The molecule has 1 aliphatic heterocycles. The Labute approximate surface area is 167 Å². The molecule has 2 heterocycles. The molecule has 1 aliphatic rings. The molecule has 0 saturated heterocycles. The van der Waals surface area contributed by atoms with Gasteiger partial charge in [0.25, 0.3) is 5.69 Å². The summed E-state index contributed by atoms with van der Waals surface area (Å²) in [6.45, 7) is 0.516. The predicted octanol–water partition coefficient (Wildman–Crippen LogP) is 4.29. The molecule has 144 valence electrons. The van der Waals surface area contributed by atoms with E-state index in [1.54, 1.807) is 16.8 Å². The molecule has 0 radical (unpaired) electrons. The van der Waals surface area contributed by atoms with Crippen molar-refractivity contribution in [3.05, 3.63) is 74.6 Å². The number of nitro groups is 1. The molecular weight excluding hydrogens is 455 g/mol. The van der Waals surface area contributed by atoms with Gasteiger partial charge >= 0.3 is 10.1 Å². The first kappa shape index (κ1) is 18.6. The van der Waals surface area contributed by atoms with Gasteiger partial charge in [-0.1, -0.05) is 15.9 Å². The molecule has 4 rings (SSSR count). The van der Waals surface area contributed by atoms with E-state index in [1.165, 1.54) is 12.1 Å². The van der Waals surface area contributed by atoms with Crippen molar-refractivity contribution in [1.82, 2.24) is 4.57 Å². The van der Waals surface area contributed by atoms with Crippen LogP contribution in [0.25, 0.3) is 11.3 Å². The normalized spacial score (nSPS) is 12.9. The van der Waals surface area contributed by atoms with Gasteiger partial charge in [0.05, 0.1) is 16.2 Å². The van der Waals surface area contributed by atoms with E-state index in [-0.39, 0.29) is 16.3 Å². The molecule has 10 heteroatoms. The van der Waals surface area contributed by atoms with Crippen LogP contribution in [0.2, 0.25) is 0 Å². The first-order chi connectivity index (χ1) is 13.3. The van der Waals surface area contributed by atoms with Crippen LogP contribution in [0.1, 0.15) is 5.56 Å². The number of benzene rings is 2. The van der Waals surface area contributed by atoms with Crippen LogP contribution in [0.15, 0.2) is 58.0 Å².